The van der Waals surface area contributed by atoms with E-state index in [9.17, 15) is 4.39 Å². The normalized spacial score (nSPS) is 45.3. The van der Waals surface area contributed by atoms with Crippen molar-refractivity contribution in [1.82, 2.24) is 0 Å². The predicted molar refractivity (Wildman–Crippen MR) is 142 cm³/mol. The number of hydrogen-bond acceptors (Lipinski definition) is 0. The Bertz CT molecular complexity index is 592. The Kier molecular flexibility index (Phi) is 10.8. The maximum atomic E-state index is 15.2. The molecule has 0 bridgehead atoms. The topological polar surface area (TPSA) is 0 Å². The Morgan fingerprint density at radius 1 is 0.543 bits per heavy atom. The van der Waals surface area contributed by atoms with Gasteiger partial charge in [0.05, 0.1) is 0 Å². The van der Waals surface area contributed by atoms with E-state index in [1.54, 1.807) is 0 Å². The molecule has 0 nitrogen and oxygen atoms in total. The van der Waals surface area contributed by atoms with Crippen molar-refractivity contribution in [3.05, 3.63) is 0 Å². The van der Waals surface area contributed by atoms with Crippen molar-refractivity contribution in [2.45, 2.75) is 154 Å². The highest BCUT2D eigenvalue weighted by Crippen LogP contribution is 2.47. The molecule has 0 spiro atoms. The van der Waals surface area contributed by atoms with Crippen molar-refractivity contribution in [3.8, 4) is 0 Å². The van der Waals surface area contributed by atoms with Crippen LogP contribution in [0.15, 0.2) is 0 Å². The monoisotopic (exact) mass is 496 g/mol. The molecule has 0 radical (unpaired) electrons. The number of hydrogen-bond donors (Lipinski definition) is 0. The molecule has 0 aromatic carbocycles. The van der Waals surface area contributed by atoms with Crippen LogP contribution in [0.5, 0.6) is 0 Å². The Hall–Kier alpha value is -0.210. The van der Waals surface area contributed by atoms with E-state index in [4.69, 9.17) is 0 Å². The maximum absolute atomic E-state index is 15.2. The van der Waals surface area contributed by atoms with Crippen LogP contribution in [0.4, 0.5) is 13.2 Å². The zero-order valence-corrected chi connectivity index (χ0v) is 22.9. The third kappa shape index (κ3) is 7.22. The van der Waals surface area contributed by atoms with Gasteiger partial charge in [0.15, 0.2) is 0 Å². The van der Waals surface area contributed by atoms with Crippen LogP contribution in [0.1, 0.15) is 136 Å². The van der Waals surface area contributed by atoms with Crippen LogP contribution in [0.2, 0.25) is 0 Å². The molecule has 0 aromatic rings. The zero-order valence-electron chi connectivity index (χ0n) is 22.9. The first-order chi connectivity index (χ1) is 17.0. The number of alkyl halides is 3. The molecule has 4 fully saturated rings. The van der Waals surface area contributed by atoms with Gasteiger partial charge in [-0.1, -0.05) is 71.6 Å². The van der Waals surface area contributed by atoms with Crippen molar-refractivity contribution in [1.29, 1.82) is 0 Å². The molecule has 0 N–H and O–H groups in total. The summed E-state index contributed by atoms with van der Waals surface area (Å²) in [6.45, 7) is 4.48. The van der Waals surface area contributed by atoms with Gasteiger partial charge in [-0.2, -0.15) is 0 Å². The first kappa shape index (κ1) is 27.8. The molecule has 6 unspecified atom stereocenters. The van der Waals surface area contributed by atoms with Gasteiger partial charge in [-0.05, 0) is 112 Å². The maximum Gasteiger partial charge on any atom is 0.134 e. The second kappa shape index (κ2) is 13.5. The van der Waals surface area contributed by atoms with E-state index in [0.29, 0.717) is 23.7 Å². The lowest BCUT2D eigenvalue weighted by Gasteiger charge is -2.41. The summed E-state index contributed by atoms with van der Waals surface area (Å²) < 4.78 is 45.2. The van der Waals surface area contributed by atoms with Gasteiger partial charge in [-0.3, -0.25) is 0 Å². The largest absolute Gasteiger partial charge is 0.247 e. The average molecular weight is 497 g/mol. The first-order valence-electron chi connectivity index (χ1n) is 15.9. The van der Waals surface area contributed by atoms with Crippen molar-refractivity contribution in [3.63, 3.8) is 0 Å². The van der Waals surface area contributed by atoms with Gasteiger partial charge in [0, 0.05) is 0 Å². The average Bonchev–Trinajstić information content (AvgIpc) is 2.88. The lowest BCUT2D eigenvalue weighted by atomic mass is 9.66. The van der Waals surface area contributed by atoms with E-state index in [0.717, 1.165) is 63.2 Å². The van der Waals surface area contributed by atoms with E-state index in [2.05, 4.69) is 13.8 Å². The Balaban J connectivity index is 1.13. The highest BCUT2D eigenvalue weighted by Gasteiger charge is 2.44. The van der Waals surface area contributed by atoms with Crippen LogP contribution in [-0.4, -0.2) is 18.5 Å². The highest BCUT2D eigenvalue weighted by atomic mass is 19.2. The fourth-order valence-corrected chi connectivity index (χ4v) is 9.04. The fraction of sp³-hybridized carbons (Fsp3) is 1.00. The molecule has 0 amide bonds. The minimum Gasteiger partial charge on any atom is -0.247 e. The third-order valence-corrected chi connectivity index (χ3v) is 11.4. The smallest absolute Gasteiger partial charge is 0.134 e. The molecule has 7 atom stereocenters. The van der Waals surface area contributed by atoms with Crippen molar-refractivity contribution in [2.24, 2.45) is 47.3 Å². The van der Waals surface area contributed by atoms with E-state index >= 15 is 8.78 Å². The SMILES string of the molecule is CCCC1CCC(C2CCC(CCCC3CCC(C4CCC(CC)CC4)C(F)[C@H]3F)CC2)C(F)C1. The van der Waals surface area contributed by atoms with Crippen LogP contribution >= 0.6 is 0 Å². The molecule has 204 valence electrons. The summed E-state index contributed by atoms with van der Waals surface area (Å²) in [7, 11) is 0. The van der Waals surface area contributed by atoms with Gasteiger partial charge in [-0.25, -0.2) is 13.2 Å². The molecular formula is C32H55F3. The van der Waals surface area contributed by atoms with Crippen LogP contribution < -0.4 is 0 Å². The molecule has 0 heterocycles. The van der Waals surface area contributed by atoms with Gasteiger partial charge < -0.3 is 0 Å². The molecule has 0 aromatic heterocycles. The Morgan fingerprint density at radius 3 is 1.77 bits per heavy atom. The lowest BCUT2D eigenvalue weighted by molar-refractivity contribution is -0.0150. The molecule has 3 heteroatoms. The van der Waals surface area contributed by atoms with Gasteiger partial charge in [0.1, 0.15) is 18.5 Å². The minimum atomic E-state index is -1.24. The summed E-state index contributed by atoms with van der Waals surface area (Å²) in [4.78, 5) is 0. The van der Waals surface area contributed by atoms with Gasteiger partial charge in [0.25, 0.3) is 0 Å². The minimum absolute atomic E-state index is 0.0225. The Labute approximate surface area is 215 Å². The van der Waals surface area contributed by atoms with Gasteiger partial charge >= 0.3 is 0 Å². The predicted octanol–water partition coefficient (Wildman–Crippen LogP) is 10.4. The van der Waals surface area contributed by atoms with E-state index in [1.165, 1.54) is 70.6 Å². The first-order valence-corrected chi connectivity index (χ1v) is 15.9. The highest BCUT2D eigenvalue weighted by molar-refractivity contribution is 4.93. The van der Waals surface area contributed by atoms with E-state index in [-0.39, 0.29) is 11.8 Å². The van der Waals surface area contributed by atoms with Crippen LogP contribution in [0.3, 0.4) is 0 Å². The molecular weight excluding hydrogens is 441 g/mol. The summed E-state index contributed by atoms with van der Waals surface area (Å²) in [5.74, 6) is 3.41. The molecule has 35 heavy (non-hydrogen) atoms. The van der Waals surface area contributed by atoms with Crippen LogP contribution in [-0.2, 0) is 0 Å². The molecule has 0 aliphatic heterocycles. The summed E-state index contributed by atoms with van der Waals surface area (Å²) in [6, 6.07) is 0. The quantitative estimate of drug-likeness (QED) is 0.298. The second-order valence-corrected chi connectivity index (χ2v) is 13.4. The van der Waals surface area contributed by atoms with Gasteiger partial charge in [0.2, 0.25) is 0 Å². The summed E-state index contributed by atoms with van der Waals surface area (Å²) in [5, 5.41) is 0. The summed E-state index contributed by atoms with van der Waals surface area (Å²) in [6.07, 6.45) is 18.1. The summed E-state index contributed by atoms with van der Waals surface area (Å²) in [5.41, 5.74) is 0. The lowest BCUT2D eigenvalue weighted by Crippen LogP contribution is -2.42. The molecule has 4 aliphatic carbocycles. The molecule has 4 rings (SSSR count). The number of halogens is 3. The molecule has 4 saturated carbocycles. The number of rotatable bonds is 9. The van der Waals surface area contributed by atoms with Crippen molar-refractivity contribution >= 4 is 0 Å². The van der Waals surface area contributed by atoms with E-state index in [1.807, 2.05) is 0 Å². The Morgan fingerprint density at radius 2 is 1.14 bits per heavy atom. The summed E-state index contributed by atoms with van der Waals surface area (Å²) >= 11 is 0. The molecule has 4 aliphatic rings. The van der Waals surface area contributed by atoms with Crippen molar-refractivity contribution in [2.75, 3.05) is 0 Å². The zero-order chi connectivity index (χ0) is 24.8. The third-order valence-electron chi connectivity index (χ3n) is 11.4. The standard InChI is InChI=1S/C32H55F3/c1-3-6-24-13-19-28(30(33)21-24)25-16-11-23(12-17-25)7-5-8-27-18-20-29(32(35)31(27)34)26-14-9-22(4-2)10-15-26/h22-32H,3-21H2,1-2H3/t22?,23?,24?,25?,26?,27?,28?,29?,30?,31-,32?/m0/s1. The van der Waals surface area contributed by atoms with Crippen LogP contribution in [0.25, 0.3) is 0 Å². The van der Waals surface area contributed by atoms with Crippen LogP contribution in [0, 0.1) is 47.3 Å². The second-order valence-electron chi connectivity index (χ2n) is 13.4. The fourth-order valence-electron chi connectivity index (χ4n) is 9.04. The van der Waals surface area contributed by atoms with Gasteiger partial charge in [-0.15, -0.1) is 0 Å². The molecule has 0 saturated heterocycles. The van der Waals surface area contributed by atoms with Crippen molar-refractivity contribution < 1.29 is 13.2 Å². The van der Waals surface area contributed by atoms with E-state index < -0.39 is 18.5 Å².